The Bertz CT molecular complexity index is 2060. The quantitative estimate of drug-likeness (QED) is 0.104. The van der Waals surface area contributed by atoms with E-state index in [2.05, 4.69) is 184 Å². The average Bonchev–Trinajstić information content (AvgIpc) is 3.33. The molecule has 0 aliphatic carbocycles. The largest absolute Gasteiger partial charge is 0.317 e. The monoisotopic (exact) mass is 867 g/mol. The van der Waals surface area contributed by atoms with Gasteiger partial charge >= 0.3 is 0 Å². The molecule has 6 heteroatoms. The van der Waals surface area contributed by atoms with E-state index in [1.54, 1.807) is 0 Å². The Kier molecular flexibility index (Phi) is 20.3. The van der Waals surface area contributed by atoms with Gasteiger partial charge in [-0.05, 0) is 105 Å². The number of alkyl halides is 1. The number of likely N-dealkylation sites (tertiary alicyclic amines) is 1. The molecule has 2 heterocycles. The predicted molar refractivity (Wildman–Crippen MR) is 260 cm³/mol. The van der Waals surface area contributed by atoms with E-state index in [1.807, 2.05) is 36.4 Å². The van der Waals surface area contributed by atoms with Crippen LogP contribution >= 0.6 is 15.9 Å². The highest BCUT2D eigenvalue weighted by atomic mass is 79.9. The van der Waals surface area contributed by atoms with Crippen molar-refractivity contribution < 1.29 is 0 Å². The summed E-state index contributed by atoms with van der Waals surface area (Å²) < 4.78 is 0. The highest BCUT2D eigenvalue weighted by Gasteiger charge is 2.36. The summed E-state index contributed by atoms with van der Waals surface area (Å²) >= 11 is 3.54. The Morgan fingerprint density at radius 3 is 1.13 bits per heavy atom. The second kappa shape index (κ2) is 25.5. The molecule has 2 aliphatic rings. The van der Waals surface area contributed by atoms with Gasteiger partial charge in [-0.1, -0.05) is 205 Å². The molecular weight excluding hydrogens is 807 g/mol. The minimum Gasteiger partial charge on any atom is -0.317 e. The van der Waals surface area contributed by atoms with Crippen molar-refractivity contribution in [3.63, 3.8) is 0 Å². The lowest BCUT2D eigenvalue weighted by atomic mass is 9.74. The van der Waals surface area contributed by atoms with Crippen molar-refractivity contribution in [3.05, 3.63) is 215 Å². The molecule has 311 valence electrons. The third-order valence-electron chi connectivity index (χ3n) is 12.2. The number of halogens is 1. The van der Waals surface area contributed by atoms with Crippen LogP contribution in [0.5, 0.6) is 0 Å². The lowest BCUT2D eigenvalue weighted by Crippen LogP contribution is -2.42. The lowest BCUT2D eigenvalue weighted by Gasteiger charge is -2.38. The van der Waals surface area contributed by atoms with Gasteiger partial charge in [0.1, 0.15) is 0 Å². The number of nitriles is 2. The molecule has 6 aromatic carbocycles. The van der Waals surface area contributed by atoms with Crippen LogP contribution in [-0.2, 0) is 10.8 Å². The number of hydrogen-bond donors (Lipinski definition) is 1. The number of nitrogens with one attached hydrogen (secondary N) is 1. The molecule has 2 aliphatic heterocycles. The third kappa shape index (κ3) is 13.4. The normalized spacial score (nSPS) is 15.2. The fraction of sp³-hybridized carbons (Fsp3) is 0.309. The van der Waals surface area contributed by atoms with Crippen LogP contribution in [0.3, 0.4) is 0 Å². The molecule has 3 radical (unpaired) electrons. The standard InChI is InChI=1S/C27H28N2.C15H15Br.C12H14N2.CH4.B/c28-22-27(25-14-8-3-9-15-25)17-20-29(21-18-27)19-16-26(23-10-4-1-5-11-23)24-12-6-2-7-13-24;16-12-11-15(13-7-3-1-4-8-13)14-9-5-2-6-10-14;13-10-12(6-8-14-9-7-12)11-4-2-1-3-5-11;;/h1-15,26H,16-21H2;1-10,15H,11-12H2;1-5,14H,6-9H2;1H4;. The summed E-state index contributed by atoms with van der Waals surface area (Å²) in [5.41, 5.74) is 7.33. The van der Waals surface area contributed by atoms with Crippen LogP contribution in [0.1, 0.15) is 91.2 Å². The van der Waals surface area contributed by atoms with Gasteiger partial charge in [-0.3, -0.25) is 0 Å². The van der Waals surface area contributed by atoms with E-state index < -0.39 is 0 Å². The highest BCUT2D eigenvalue weighted by Crippen LogP contribution is 2.36. The van der Waals surface area contributed by atoms with Gasteiger partial charge in [0.25, 0.3) is 0 Å². The predicted octanol–water partition coefficient (Wildman–Crippen LogP) is 12.5. The maximum Gasteiger partial charge on any atom is 0.0846 e. The highest BCUT2D eigenvalue weighted by molar-refractivity contribution is 9.09. The summed E-state index contributed by atoms with van der Waals surface area (Å²) in [5, 5.41) is 23.6. The molecule has 0 saturated carbocycles. The molecule has 0 unspecified atom stereocenters. The molecule has 61 heavy (non-hydrogen) atoms. The molecule has 2 saturated heterocycles. The van der Waals surface area contributed by atoms with Gasteiger partial charge < -0.3 is 10.2 Å². The zero-order valence-corrected chi connectivity index (χ0v) is 36.3. The first-order valence-electron chi connectivity index (χ1n) is 21.2. The molecule has 0 amide bonds. The second-order valence-corrected chi connectivity index (χ2v) is 16.5. The minimum absolute atomic E-state index is 0. The van der Waals surface area contributed by atoms with Crippen molar-refractivity contribution in [1.82, 2.24) is 10.2 Å². The zero-order chi connectivity index (χ0) is 41.0. The smallest absolute Gasteiger partial charge is 0.0846 e. The van der Waals surface area contributed by atoms with Crippen molar-refractivity contribution in [2.45, 2.75) is 68.6 Å². The number of piperidine rings is 2. The van der Waals surface area contributed by atoms with Crippen LogP contribution in [0.2, 0.25) is 0 Å². The summed E-state index contributed by atoms with van der Waals surface area (Å²) in [6, 6.07) is 68.7. The lowest BCUT2D eigenvalue weighted by molar-refractivity contribution is 0.182. The van der Waals surface area contributed by atoms with Gasteiger partial charge in [0.05, 0.1) is 23.0 Å². The first kappa shape index (κ1) is 48.4. The number of hydrogen-bond acceptors (Lipinski definition) is 4. The maximum absolute atomic E-state index is 9.93. The summed E-state index contributed by atoms with van der Waals surface area (Å²) in [6.45, 7) is 4.92. The molecule has 4 nitrogen and oxygen atoms in total. The first-order valence-corrected chi connectivity index (χ1v) is 22.3. The summed E-state index contributed by atoms with van der Waals surface area (Å²) in [7, 11) is 0. The van der Waals surface area contributed by atoms with E-state index in [0.29, 0.717) is 11.8 Å². The molecule has 2 fully saturated rings. The fourth-order valence-corrected chi connectivity index (χ4v) is 9.13. The van der Waals surface area contributed by atoms with Crippen LogP contribution < -0.4 is 5.32 Å². The molecule has 8 rings (SSSR count). The van der Waals surface area contributed by atoms with Crippen LogP contribution in [-0.4, -0.2) is 51.4 Å². The van der Waals surface area contributed by atoms with E-state index in [4.69, 9.17) is 0 Å². The van der Waals surface area contributed by atoms with E-state index >= 15 is 0 Å². The molecule has 1 N–H and O–H groups in total. The van der Waals surface area contributed by atoms with Gasteiger partial charge in [0.15, 0.2) is 0 Å². The van der Waals surface area contributed by atoms with E-state index in [0.717, 1.165) is 76.6 Å². The topological polar surface area (TPSA) is 62.9 Å². The first-order chi connectivity index (χ1) is 29.1. The summed E-state index contributed by atoms with van der Waals surface area (Å²) in [4.78, 5) is 2.54. The maximum atomic E-state index is 9.93. The Balaban J connectivity index is 0.000000217. The van der Waals surface area contributed by atoms with E-state index in [9.17, 15) is 10.5 Å². The molecule has 0 atom stereocenters. The minimum atomic E-state index is -0.323. The van der Waals surface area contributed by atoms with Gasteiger partial charge in [-0.15, -0.1) is 0 Å². The summed E-state index contributed by atoms with van der Waals surface area (Å²) in [5.74, 6) is 0.913. The van der Waals surface area contributed by atoms with E-state index in [1.165, 1.54) is 33.4 Å². The van der Waals surface area contributed by atoms with Crippen molar-refractivity contribution in [2.75, 3.05) is 38.1 Å². The van der Waals surface area contributed by atoms with Crippen LogP contribution in [0.15, 0.2) is 182 Å². The number of nitrogens with zero attached hydrogens (tertiary/aromatic N) is 3. The van der Waals surface area contributed by atoms with Gasteiger partial charge in [-0.25, -0.2) is 0 Å². The Morgan fingerprint density at radius 1 is 0.492 bits per heavy atom. The molecule has 0 aromatic heterocycles. The fourth-order valence-electron chi connectivity index (χ4n) is 8.67. The second-order valence-electron chi connectivity index (χ2n) is 15.7. The summed E-state index contributed by atoms with van der Waals surface area (Å²) in [6.07, 6.45) is 5.90. The van der Waals surface area contributed by atoms with Gasteiger partial charge in [-0.2, -0.15) is 10.5 Å². The van der Waals surface area contributed by atoms with Crippen LogP contribution in [0.25, 0.3) is 0 Å². The Labute approximate surface area is 377 Å². The van der Waals surface area contributed by atoms with Crippen molar-refractivity contribution in [1.29, 1.82) is 10.5 Å². The molecule has 6 aromatic rings. The van der Waals surface area contributed by atoms with Crippen LogP contribution in [0.4, 0.5) is 0 Å². The third-order valence-corrected chi connectivity index (χ3v) is 12.6. The zero-order valence-electron chi connectivity index (χ0n) is 34.8. The average molecular weight is 869 g/mol. The number of benzene rings is 6. The molecule has 0 bridgehead atoms. The van der Waals surface area contributed by atoms with E-state index in [-0.39, 0.29) is 26.7 Å². The molecular formula is C55H61BBrN4. The Hall–Kier alpha value is -5.24. The van der Waals surface area contributed by atoms with Gasteiger partial charge in [0.2, 0.25) is 0 Å². The van der Waals surface area contributed by atoms with Gasteiger partial charge in [0, 0.05) is 25.6 Å². The van der Waals surface area contributed by atoms with Crippen molar-refractivity contribution >= 4 is 24.3 Å². The SMILES string of the molecule is BrCCC(c1ccccc1)c1ccccc1.C.N#CC1(c2ccccc2)CCN(CCC(c2ccccc2)c2ccccc2)CC1.N#CC1(c2ccccc2)CCNCC1.[B]. The number of rotatable bonds is 11. The van der Waals surface area contributed by atoms with Crippen molar-refractivity contribution in [2.24, 2.45) is 0 Å². The molecule has 0 spiro atoms. The van der Waals surface area contributed by atoms with Crippen LogP contribution in [0, 0.1) is 22.7 Å². The Morgan fingerprint density at radius 2 is 0.803 bits per heavy atom. The van der Waals surface area contributed by atoms with Crippen molar-refractivity contribution in [3.8, 4) is 12.1 Å².